The van der Waals surface area contributed by atoms with E-state index in [1.807, 2.05) is 17.8 Å². The lowest BCUT2D eigenvalue weighted by Crippen LogP contribution is -2.33. The molecule has 0 saturated carbocycles. The number of rotatable bonds is 9. The van der Waals surface area contributed by atoms with E-state index in [-0.39, 0.29) is 6.10 Å². The minimum Gasteiger partial charge on any atom is -0.485 e. The Morgan fingerprint density at radius 1 is 1.26 bits per heavy atom. The predicted molar refractivity (Wildman–Crippen MR) is 77.4 cm³/mol. The van der Waals surface area contributed by atoms with Gasteiger partial charge >= 0.3 is 0 Å². The van der Waals surface area contributed by atoms with Gasteiger partial charge in [0.25, 0.3) is 0 Å². The maximum Gasteiger partial charge on any atom is 0.172 e. The number of hydrogen-bond acceptors (Lipinski definition) is 5. The van der Waals surface area contributed by atoms with E-state index in [0.717, 1.165) is 31.1 Å². The van der Waals surface area contributed by atoms with Gasteiger partial charge in [0, 0.05) is 17.4 Å². The van der Waals surface area contributed by atoms with Crippen LogP contribution >= 0.6 is 11.3 Å². The standard InChI is InChI=1S/C14H23NO3S/c1-15-6-4-2-3-5-7-16-8-12-9-17-13-10-19-11-14(13)18-12/h10-12,15H,2-9H2,1H3. The minimum absolute atomic E-state index is 0.0337. The van der Waals surface area contributed by atoms with Crippen molar-refractivity contribution in [2.45, 2.75) is 31.8 Å². The largest absolute Gasteiger partial charge is 0.485 e. The molecule has 5 heteroatoms. The van der Waals surface area contributed by atoms with Crippen LogP contribution in [0.1, 0.15) is 25.7 Å². The Morgan fingerprint density at radius 2 is 2.11 bits per heavy atom. The molecule has 0 amide bonds. The Bertz CT molecular complexity index is 356. The lowest BCUT2D eigenvalue weighted by Gasteiger charge is -2.24. The lowest BCUT2D eigenvalue weighted by atomic mass is 10.2. The van der Waals surface area contributed by atoms with E-state index < -0.39 is 0 Å². The molecule has 1 aliphatic heterocycles. The van der Waals surface area contributed by atoms with Crippen molar-refractivity contribution in [3.05, 3.63) is 10.8 Å². The third-order valence-corrected chi connectivity index (χ3v) is 3.78. The third kappa shape index (κ3) is 5.01. The zero-order valence-electron chi connectivity index (χ0n) is 11.5. The summed E-state index contributed by atoms with van der Waals surface area (Å²) in [6.45, 7) is 3.13. The van der Waals surface area contributed by atoms with Gasteiger partial charge in [0.05, 0.1) is 6.61 Å². The molecule has 2 heterocycles. The SMILES string of the molecule is CNCCCCCCOCC1COc2cscc2O1. The van der Waals surface area contributed by atoms with Gasteiger partial charge in [0.15, 0.2) is 17.6 Å². The number of ether oxygens (including phenoxy) is 3. The van der Waals surface area contributed by atoms with Crippen LogP contribution in [-0.4, -0.2) is 39.5 Å². The topological polar surface area (TPSA) is 39.7 Å². The second-order valence-electron chi connectivity index (χ2n) is 4.74. The van der Waals surface area contributed by atoms with Crippen molar-refractivity contribution < 1.29 is 14.2 Å². The summed E-state index contributed by atoms with van der Waals surface area (Å²) < 4.78 is 17.0. The summed E-state index contributed by atoms with van der Waals surface area (Å²) in [6, 6.07) is 0. The average Bonchev–Trinajstić information content (AvgIpc) is 2.89. The molecule has 1 aromatic heterocycles. The molecule has 19 heavy (non-hydrogen) atoms. The van der Waals surface area contributed by atoms with Crippen molar-refractivity contribution in [3.63, 3.8) is 0 Å². The Morgan fingerprint density at radius 3 is 3.00 bits per heavy atom. The first-order valence-electron chi connectivity index (χ1n) is 6.98. The highest BCUT2D eigenvalue weighted by Gasteiger charge is 2.21. The second-order valence-corrected chi connectivity index (χ2v) is 5.49. The molecular weight excluding hydrogens is 262 g/mol. The molecule has 0 aliphatic carbocycles. The summed E-state index contributed by atoms with van der Waals surface area (Å²) in [5.74, 6) is 1.72. The molecule has 108 valence electrons. The van der Waals surface area contributed by atoms with Crippen LogP contribution in [0.2, 0.25) is 0 Å². The average molecular weight is 285 g/mol. The van der Waals surface area contributed by atoms with Crippen molar-refractivity contribution in [2.24, 2.45) is 0 Å². The number of hydrogen-bond donors (Lipinski definition) is 1. The minimum atomic E-state index is 0.0337. The molecule has 0 spiro atoms. The number of thiophene rings is 1. The van der Waals surface area contributed by atoms with E-state index in [9.17, 15) is 0 Å². The Balaban J connectivity index is 1.48. The van der Waals surface area contributed by atoms with E-state index >= 15 is 0 Å². The van der Waals surface area contributed by atoms with Crippen LogP contribution in [0.4, 0.5) is 0 Å². The van der Waals surface area contributed by atoms with E-state index in [1.165, 1.54) is 19.3 Å². The molecule has 1 unspecified atom stereocenters. The quantitative estimate of drug-likeness (QED) is 0.708. The normalized spacial score (nSPS) is 17.6. The molecule has 1 aliphatic rings. The van der Waals surface area contributed by atoms with Crippen LogP contribution in [0.15, 0.2) is 10.8 Å². The summed E-state index contributed by atoms with van der Waals surface area (Å²) in [5.41, 5.74) is 0. The summed E-state index contributed by atoms with van der Waals surface area (Å²) in [7, 11) is 1.99. The molecule has 1 aromatic rings. The Kier molecular flexibility index (Phi) is 6.47. The van der Waals surface area contributed by atoms with Gasteiger partial charge in [-0.1, -0.05) is 12.8 Å². The third-order valence-electron chi connectivity index (χ3n) is 3.08. The fourth-order valence-electron chi connectivity index (χ4n) is 2.02. The zero-order valence-corrected chi connectivity index (χ0v) is 12.3. The van der Waals surface area contributed by atoms with Crippen LogP contribution in [0.25, 0.3) is 0 Å². The van der Waals surface area contributed by atoms with E-state index in [2.05, 4.69) is 5.32 Å². The van der Waals surface area contributed by atoms with Crippen LogP contribution in [0.3, 0.4) is 0 Å². The first-order chi connectivity index (χ1) is 9.40. The van der Waals surface area contributed by atoms with Crippen LogP contribution in [0.5, 0.6) is 11.5 Å². The van der Waals surface area contributed by atoms with E-state index in [1.54, 1.807) is 11.3 Å². The molecule has 0 saturated heterocycles. The van der Waals surface area contributed by atoms with E-state index in [0.29, 0.717) is 13.2 Å². The maximum atomic E-state index is 5.78. The first kappa shape index (κ1) is 14.6. The van der Waals surface area contributed by atoms with Gasteiger partial charge in [0.1, 0.15) is 6.61 Å². The van der Waals surface area contributed by atoms with Gasteiger partial charge in [-0.2, -0.15) is 0 Å². The fraction of sp³-hybridized carbons (Fsp3) is 0.714. The van der Waals surface area contributed by atoms with Crippen molar-refractivity contribution >= 4 is 11.3 Å². The van der Waals surface area contributed by atoms with Gasteiger partial charge < -0.3 is 19.5 Å². The van der Waals surface area contributed by atoms with Crippen molar-refractivity contribution in [2.75, 3.05) is 33.4 Å². The molecular formula is C14H23NO3S. The summed E-state index contributed by atoms with van der Waals surface area (Å²) in [5, 5.41) is 7.10. The summed E-state index contributed by atoms with van der Waals surface area (Å²) in [4.78, 5) is 0. The lowest BCUT2D eigenvalue weighted by molar-refractivity contribution is 0.00843. The number of unbranched alkanes of at least 4 members (excludes halogenated alkanes) is 3. The van der Waals surface area contributed by atoms with Crippen LogP contribution in [0, 0.1) is 0 Å². The van der Waals surface area contributed by atoms with Crippen LogP contribution < -0.4 is 14.8 Å². The highest BCUT2D eigenvalue weighted by atomic mass is 32.1. The first-order valence-corrected chi connectivity index (χ1v) is 7.92. The highest BCUT2D eigenvalue weighted by Crippen LogP contribution is 2.35. The van der Waals surface area contributed by atoms with Gasteiger partial charge in [-0.25, -0.2) is 0 Å². The Labute approximate surface area is 119 Å². The van der Waals surface area contributed by atoms with Crippen LogP contribution in [-0.2, 0) is 4.74 Å². The molecule has 0 aromatic carbocycles. The van der Waals surface area contributed by atoms with Gasteiger partial charge in [-0.15, -0.1) is 11.3 Å². The van der Waals surface area contributed by atoms with Crippen molar-refractivity contribution in [1.29, 1.82) is 0 Å². The molecule has 1 N–H and O–H groups in total. The summed E-state index contributed by atoms with van der Waals surface area (Å²) >= 11 is 1.60. The zero-order chi connectivity index (χ0) is 13.3. The second kappa shape index (κ2) is 8.40. The number of nitrogens with one attached hydrogen (secondary N) is 1. The molecule has 4 nitrogen and oxygen atoms in total. The van der Waals surface area contributed by atoms with Gasteiger partial charge in [-0.05, 0) is 26.4 Å². The predicted octanol–water partition coefficient (Wildman–Crippen LogP) is 2.68. The van der Waals surface area contributed by atoms with Crippen molar-refractivity contribution in [3.8, 4) is 11.5 Å². The Hall–Kier alpha value is -0.780. The molecule has 0 bridgehead atoms. The van der Waals surface area contributed by atoms with Gasteiger partial charge in [0.2, 0.25) is 0 Å². The highest BCUT2D eigenvalue weighted by molar-refractivity contribution is 7.08. The molecule has 2 rings (SSSR count). The summed E-state index contributed by atoms with van der Waals surface area (Å²) in [6.07, 6.45) is 4.91. The fourth-order valence-corrected chi connectivity index (χ4v) is 2.69. The monoisotopic (exact) mass is 285 g/mol. The molecule has 0 fully saturated rings. The van der Waals surface area contributed by atoms with E-state index in [4.69, 9.17) is 14.2 Å². The maximum absolute atomic E-state index is 5.78. The number of fused-ring (bicyclic) bond motifs is 1. The smallest absolute Gasteiger partial charge is 0.172 e. The molecule has 1 atom stereocenters. The van der Waals surface area contributed by atoms with Gasteiger partial charge in [-0.3, -0.25) is 0 Å². The van der Waals surface area contributed by atoms with Crippen molar-refractivity contribution in [1.82, 2.24) is 5.32 Å². The molecule has 0 radical (unpaired) electrons.